The Morgan fingerprint density at radius 3 is 0.611 bits per heavy atom. The van der Waals surface area contributed by atoms with Crippen LogP contribution in [0.5, 0.6) is 0 Å². The van der Waals surface area contributed by atoms with Gasteiger partial charge in [-0.2, -0.15) is 171 Å². The third-order valence-electron chi connectivity index (χ3n) is 10.5. The second-order valence-electron chi connectivity index (χ2n) is 15.1. The van der Waals surface area contributed by atoms with E-state index in [9.17, 15) is 150 Å². The molecule has 1 aromatic rings. The summed E-state index contributed by atoms with van der Waals surface area (Å²) in [6, 6.07) is -10.4. The number of rotatable bonds is 23. The smallest absolute Gasteiger partial charge is 0.392 e. The van der Waals surface area contributed by atoms with E-state index in [1.165, 1.54) is 0 Å². The van der Waals surface area contributed by atoms with Gasteiger partial charge < -0.3 is 5.11 Å². The zero-order chi connectivity index (χ0) is 58.4. The number of alkyl halides is 39. The zero-order valence-electron chi connectivity index (χ0n) is 32.9. The van der Waals surface area contributed by atoms with Gasteiger partial charge >= 0.3 is 107 Å². The summed E-state index contributed by atoms with van der Waals surface area (Å²) in [5.74, 6) is -128. The summed E-state index contributed by atoms with van der Waals surface area (Å²) in [7, 11) is -7.09. The normalized spacial score (nSPS) is 16.4. The highest BCUT2D eigenvalue weighted by Crippen LogP contribution is 2.65. The number of benzene rings is 1. The maximum Gasteiger partial charge on any atom is 0.460 e. The fourth-order valence-electron chi connectivity index (χ4n) is 5.84. The van der Waals surface area contributed by atoms with Crippen LogP contribution in [-0.4, -0.2) is 121 Å². The van der Waals surface area contributed by atoms with Crippen molar-refractivity contribution >= 4 is 13.3 Å². The van der Waals surface area contributed by atoms with E-state index in [0.29, 0.717) is 0 Å². The Labute approximate surface area is 371 Å². The van der Waals surface area contributed by atoms with Crippen LogP contribution in [0, 0.1) is 0 Å². The third-order valence-corrected chi connectivity index (χ3v) is 15.7. The highest BCUT2D eigenvalue weighted by atomic mass is 28.3. The van der Waals surface area contributed by atoms with Crippen molar-refractivity contribution in [3.8, 4) is 0 Å². The van der Waals surface area contributed by atoms with Gasteiger partial charge in [0.1, 0.15) is 0 Å². The molecule has 0 aliphatic heterocycles. The molecule has 0 unspecified atom stereocenters. The van der Waals surface area contributed by atoms with Crippen LogP contribution in [0.1, 0.15) is 24.8 Å². The second kappa shape index (κ2) is 18.5. The molecule has 0 saturated carbocycles. The van der Waals surface area contributed by atoms with E-state index in [4.69, 9.17) is 0 Å². The van der Waals surface area contributed by atoms with Gasteiger partial charge in [-0.25, -0.2) is 0 Å². The average molecular weight is 1180 g/mol. The van der Waals surface area contributed by atoms with Crippen LogP contribution < -0.4 is 5.19 Å². The molecule has 1 N–H and O–H groups in total. The molecule has 426 valence electrons. The fourth-order valence-corrected chi connectivity index (χ4v) is 10.7. The Morgan fingerprint density at radius 2 is 0.444 bits per heavy atom. The third kappa shape index (κ3) is 9.87. The van der Waals surface area contributed by atoms with E-state index < -0.39 is 170 Å². The Hall–Kier alpha value is -3.33. The number of aliphatic hydroxyl groups excluding tert-OH is 1. The Kier molecular flexibility index (Phi) is 17.1. The van der Waals surface area contributed by atoms with E-state index >= 15 is 26.3 Å². The standard InChI is InChI=1S/C31H19F39OSi/c32-14(33,17(38,39)20(44,45)23(50,51)26(56,57)29(62,63)64)5-8-72(13-3-1-12(11-71)2-4-13,9-6-15(34,35)18(40,41)21(46,47)24(52,53)27(58,59)30(65,66)67)10-7-16(36,37)19(42,43)22(48,49)25(54,55)28(60,61)31(68,69)70/h1-4,71H,5-11H2. The SMILES string of the molecule is OCc1ccc([Si](CCC(F)(F)C(F)(F)C(F)(F)C(F)(F)C(F)(F)C(F)(F)F)(CCC(F)(F)C(F)(F)C(F)(F)C(F)(F)C(F)(F)C(F)(F)F)CCC(F)(F)C(F)(F)C(F)(F)C(F)(F)C(F)(F)C(F)(F)F)cc1. The molecular weight excluding hydrogens is 1160 g/mol. The van der Waals surface area contributed by atoms with Gasteiger partial charge in [0.15, 0.2) is 0 Å². The highest BCUT2D eigenvalue weighted by molar-refractivity contribution is 6.92. The van der Waals surface area contributed by atoms with E-state index in [2.05, 4.69) is 0 Å². The van der Waals surface area contributed by atoms with Crippen molar-refractivity contribution in [3.05, 3.63) is 29.8 Å². The van der Waals surface area contributed by atoms with Gasteiger partial charge in [-0.1, -0.05) is 29.5 Å². The van der Waals surface area contributed by atoms with E-state index in [-0.39, 0.29) is 24.3 Å². The fraction of sp³-hybridized carbons (Fsp3) is 0.806. The van der Waals surface area contributed by atoms with Crippen molar-refractivity contribution in [2.24, 2.45) is 0 Å². The largest absolute Gasteiger partial charge is 0.460 e. The summed E-state index contributed by atoms with van der Waals surface area (Å²) >= 11 is 0. The van der Waals surface area contributed by atoms with Crippen molar-refractivity contribution in [3.63, 3.8) is 0 Å². The molecule has 41 heteroatoms. The molecule has 0 spiro atoms. The molecule has 0 radical (unpaired) electrons. The van der Waals surface area contributed by atoms with Gasteiger partial charge in [0, 0.05) is 19.3 Å². The van der Waals surface area contributed by atoms with Crippen molar-refractivity contribution < 1.29 is 176 Å². The molecule has 0 aliphatic rings. The summed E-state index contributed by atoms with van der Waals surface area (Å²) in [5.41, 5.74) is -0.820. The van der Waals surface area contributed by atoms with Crippen LogP contribution in [0.2, 0.25) is 18.1 Å². The zero-order valence-corrected chi connectivity index (χ0v) is 33.9. The minimum atomic E-state index is -8.90. The van der Waals surface area contributed by atoms with E-state index in [1.807, 2.05) is 0 Å². The van der Waals surface area contributed by atoms with Gasteiger partial charge in [-0.15, -0.1) is 0 Å². The van der Waals surface area contributed by atoms with Gasteiger partial charge in [0.2, 0.25) is 0 Å². The molecule has 0 heterocycles. The first-order chi connectivity index (χ1) is 30.9. The molecule has 0 aromatic heterocycles. The first kappa shape index (κ1) is 66.7. The molecule has 0 amide bonds. The monoisotopic (exact) mass is 1180 g/mol. The molecular formula is C31H19F39OSi. The molecule has 0 bridgehead atoms. The van der Waals surface area contributed by atoms with Crippen LogP contribution in [0.15, 0.2) is 24.3 Å². The van der Waals surface area contributed by atoms with Gasteiger partial charge in [-0.3, -0.25) is 0 Å². The molecule has 1 aromatic carbocycles. The first-order valence-electron chi connectivity index (χ1n) is 17.5. The number of aliphatic hydroxyl groups is 1. The topological polar surface area (TPSA) is 20.2 Å². The minimum Gasteiger partial charge on any atom is -0.392 e. The van der Waals surface area contributed by atoms with Crippen LogP contribution in [-0.2, 0) is 6.61 Å². The Morgan fingerprint density at radius 1 is 0.264 bits per heavy atom. The molecule has 0 aliphatic carbocycles. The average Bonchev–Trinajstić information content (AvgIpc) is 3.18. The molecule has 72 heavy (non-hydrogen) atoms. The van der Waals surface area contributed by atoms with Gasteiger partial charge in [-0.05, 0) is 23.7 Å². The van der Waals surface area contributed by atoms with Crippen LogP contribution >= 0.6 is 0 Å². The highest BCUT2D eigenvalue weighted by Gasteiger charge is 2.93. The van der Waals surface area contributed by atoms with Gasteiger partial charge in [0.05, 0.1) is 14.7 Å². The molecule has 0 saturated heterocycles. The molecule has 0 atom stereocenters. The van der Waals surface area contributed by atoms with Crippen molar-refractivity contribution in [1.29, 1.82) is 0 Å². The molecule has 1 rings (SSSR count). The molecule has 1 nitrogen and oxygen atoms in total. The van der Waals surface area contributed by atoms with Crippen LogP contribution in [0.25, 0.3) is 0 Å². The van der Waals surface area contributed by atoms with E-state index in [1.54, 1.807) is 0 Å². The lowest BCUT2D eigenvalue weighted by Gasteiger charge is -2.43. The van der Waals surface area contributed by atoms with Crippen molar-refractivity contribution in [1.82, 2.24) is 0 Å². The lowest BCUT2D eigenvalue weighted by molar-refractivity contribution is -0.440. The predicted molar refractivity (Wildman–Crippen MR) is 158 cm³/mol. The van der Waals surface area contributed by atoms with Crippen molar-refractivity contribution in [2.75, 3.05) is 0 Å². The number of halogens is 39. The van der Waals surface area contributed by atoms with Gasteiger partial charge in [0.25, 0.3) is 0 Å². The summed E-state index contributed by atoms with van der Waals surface area (Å²) in [4.78, 5) is 0. The quantitative estimate of drug-likeness (QED) is 0.0855. The molecule has 0 fully saturated rings. The van der Waals surface area contributed by atoms with Crippen LogP contribution in [0.3, 0.4) is 0 Å². The maximum atomic E-state index is 15.1. The summed E-state index contributed by atoms with van der Waals surface area (Å²) in [5, 5.41) is 7.23. The minimum absolute atomic E-state index is 0.0408. The second-order valence-corrected chi connectivity index (χ2v) is 19.8. The number of hydrogen-bond donors (Lipinski definition) is 1. The Balaban J connectivity index is 4.48. The first-order valence-corrected chi connectivity index (χ1v) is 20.1. The Bertz CT molecular complexity index is 1820. The summed E-state index contributed by atoms with van der Waals surface area (Å²) < 4.78 is 540. The lowest BCUT2D eigenvalue weighted by atomic mass is 9.93. The lowest BCUT2D eigenvalue weighted by Crippen LogP contribution is -2.70. The van der Waals surface area contributed by atoms with Crippen molar-refractivity contribution in [2.45, 2.75) is 151 Å². The maximum absolute atomic E-state index is 15.1. The number of hydrogen-bond acceptors (Lipinski definition) is 1. The predicted octanol–water partition coefficient (Wildman–Crippen LogP) is 15.2. The van der Waals surface area contributed by atoms with E-state index in [0.717, 1.165) is 0 Å². The summed E-state index contributed by atoms with van der Waals surface area (Å²) in [6.45, 7) is -1.46. The van der Waals surface area contributed by atoms with Crippen LogP contribution in [0.4, 0.5) is 171 Å². The summed E-state index contributed by atoms with van der Waals surface area (Å²) in [6.07, 6.45) is -36.7.